The maximum Gasteiger partial charge on any atom is 0.0446 e. The van der Waals surface area contributed by atoms with Gasteiger partial charge in [-0.15, -0.1) is 0 Å². The van der Waals surface area contributed by atoms with Crippen LogP contribution in [0.2, 0.25) is 0 Å². The van der Waals surface area contributed by atoms with Crippen LogP contribution >= 0.6 is 0 Å². The first-order valence-corrected chi connectivity index (χ1v) is 8.80. The molecular weight excluding hydrogens is 272 g/mol. The first kappa shape index (κ1) is 17.5. The molecule has 1 fully saturated rings. The molecule has 1 unspecified atom stereocenters. The van der Waals surface area contributed by atoms with Crippen molar-refractivity contribution in [2.75, 3.05) is 39.3 Å². The molecule has 1 N–H and O–H groups in total. The van der Waals surface area contributed by atoms with Crippen molar-refractivity contribution >= 4 is 0 Å². The van der Waals surface area contributed by atoms with Crippen molar-refractivity contribution in [2.45, 2.75) is 39.2 Å². The van der Waals surface area contributed by atoms with Crippen LogP contribution in [-0.4, -0.2) is 60.3 Å². The van der Waals surface area contributed by atoms with E-state index < -0.39 is 0 Å². The van der Waals surface area contributed by atoms with Crippen molar-refractivity contribution in [3.63, 3.8) is 0 Å². The summed E-state index contributed by atoms with van der Waals surface area (Å²) >= 11 is 0. The SMILES string of the molecule is CC(C)CN1CCN(CCCc2ccccc2)CC1CCO. The van der Waals surface area contributed by atoms with Crippen LogP contribution in [-0.2, 0) is 6.42 Å². The lowest BCUT2D eigenvalue weighted by molar-refractivity contribution is 0.0509. The summed E-state index contributed by atoms with van der Waals surface area (Å²) < 4.78 is 0. The second-order valence-electron chi connectivity index (χ2n) is 6.94. The zero-order valence-corrected chi connectivity index (χ0v) is 14.2. The summed E-state index contributed by atoms with van der Waals surface area (Å²) in [5.41, 5.74) is 1.44. The molecule has 1 aliphatic rings. The quantitative estimate of drug-likeness (QED) is 0.800. The maximum absolute atomic E-state index is 9.34. The van der Waals surface area contributed by atoms with E-state index in [1.54, 1.807) is 0 Å². The number of piperazine rings is 1. The van der Waals surface area contributed by atoms with Crippen LogP contribution in [0.25, 0.3) is 0 Å². The summed E-state index contributed by atoms with van der Waals surface area (Å²) in [6.45, 7) is 10.6. The molecule has 0 amide bonds. The van der Waals surface area contributed by atoms with Gasteiger partial charge in [0, 0.05) is 38.8 Å². The number of hydrogen-bond acceptors (Lipinski definition) is 3. The van der Waals surface area contributed by atoms with Gasteiger partial charge in [-0.3, -0.25) is 4.90 Å². The van der Waals surface area contributed by atoms with Gasteiger partial charge in [0.2, 0.25) is 0 Å². The molecule has 3 heteroatoms. The van der Waals surface area contributed by atoms with Gasteiger partial charge >= 0.3 is 0 Å². The average Bonchev–Trinajstić information content (AvgIpc) is 2.51. The molecule has 1 heterocycles. The normalized spacial score (nSPS) is 20.6. The number of aliphatic hydroxyl groups is 1. The van der Waals surface area contributed by atoms with Crippen molar-refractivity contribution in [2.24, 2.45) is 5.92 Å². The minimum atomic E-state index is 0.303. The lowest BCUT2D eigenvalue weighted by Crippen LogP contribution is -2.54. The Bertz CT molecular complexity index is 407. The molecule has 3 nitrogen and oxygen atoms in total. The van der Waals surface area contributed by atoms with Crippen molar-refractivity contribution < 1.29 is 5.11 Å². The van der Waals surface area contributed by atoms with E-state index in [1.807, 2.05) is 0 Å². The number of aliphatic hydroxyl groups excluding tert-OH is 1. The van der Waals surface area contributed by atoms with Gasteiger partial charge in [-0.05, 0) is 37.3 Å². The first-order chi connectivity index (χ1) is 10.7. The Morgan fingerprint density at radius 3 is 2.64 bits per heavy atom. The number of hydrogen-bond donors (Lipinski definition) is 1. The summed E-state index contributed by atoms with van der Waals surface area (Å²) in [6, 6.07) is 11.3. The highest BCUT2D eigenvalue weighted by Gasteiger charge is 2.26. The monoisotopic (exact) mass is 304 g/mol. The highest BCUT2D eigenvalue weighted by molar-refractivity contribution is 5.14. The van der Waals surface area contributed by atoms with Gasteiger partial charge in [0.25, 0.3) is 0 Å². The molecule has 124 valence electrons. The summed E-state index contributed by atoms with van der Waals surface area (Å²) in [7, 11) is 0. The van der Waals surface area contributed by atoms with E-state index in [1.165, 1.54) is 25.1 Å². The third kappa shape index (κ3) is 5.71. The van der Waals surface area contributed by atoms with E-state index in [0.717, 1.165) is 32.5 Å². The Morgan fingerprint density at radius 1 is 1.18 bits per heavy atom. The van der Waals surface area contributed by atoms with Crippen LogP contribution in [0, 0.1) is 5.92 Å². The van der Waals surface area contributed by atoms with E-state index in [2.05, 4.69) is 54.0 Å². The predicted octanol–water partition coefficient (Wildman–Crippen LogP) is 2.64. The van der Waals surface area contributed by atoms with Gasteiger partial charge in [-0.25, -0.2) is 0 Å². The van der Waals surface area contributed by atoms with Crippen LogP contribution < -0.4 is 0 Å². The molecule has 0 bridgehead atoms. The van der Waals surface area contributed by atoms with Crippen molar-refractivity contribution in [3.8, 4) is 0 Å². The van der Waals surface area contributed by atoms with E-state index >= 15 is 0 Å². The molecule has 1 atom stereocenters. The molecule has 0 spiro atoms. The fourth-order valence-electron chi connectivity index (χ4n) is 3.44. The maximum atomic E-state index is 9.34. The van der Waals surface area contributed by atoms with Crippen LogP contribution in [0.15, 0.2) is 30.3 Å². The summed E-state index contributed by atoms with van der Waals surface area (Å²) in [4.78, 5) is 5.16. The lowest BCUT2D eigenvalue weighted by atomic mass is 10.0. The minimum Gasteiger partial charge on any atom is -0.396 e. The standard InChI is InChI=1S/C19H32N2O/c1-17(2)15-21-13-12-20(16-19(21)10-14-22)11-6-9-18-7-4-3-5-8-18/h3-5,7-8,17,19,22H,6,9-16H2,1-2H3. The fourth-order valence-corrected chi connectivity index (χ4v) is 3.44. The number of benzene rings is 1. The highest BCUT2D eigenvalue weighted by Crippen LogP contribution is 2.15. The van der Waals surface area contributed by atoms with E-state index in [0.29, 0.717) is 18.6 Å². The Morgan fingerprint density at radius 2 is 1.95 bits per heavy atom. The molecular formula is C19H32N2O. The van der Waals surface area contributed by atoms with Gasteiger partial charge in [0.15, 0.2) is 0 Å². The average molecular weight is 304 g/mol. The summed E-state index contributed by atoms with van der Waals surface area (Å²) in [5.74, 6) is 0.700. The van der Waals surface area contributed by atoms with E-state index in [-0.39, 0.29) is 0 Å². The lowest BCUT2D eigenvalue weighted by Gasteiger charge is -2.42. The van der Waals surface area contributed by atoms with E-state index in [4.69, 9.17) is 0 Å². The van der Waals surface area contributed by atoms with Gasteiger partial charge in [0.1, 0.15) is 0 Å². The van der Waals surface area contributed by atoms with Gasteiger partial charge in [-0.1, -0.05) is 44.2 Å². The molecule has 2 rings (SSSR count). The van der Waals surface area contributed by atoms with Crippen LogP contribution in [0.4, 0.5) is 0 Å². The number of nitrogens with zero attached hydrogens (tertiary/aromatic N) is 2. The largest absolute Gasteiger partial charge is 0.396 e. The first-order valence-electron chi connectivity index (χ1n) is 8.80. The Hall–Kier alpha value is -0.900. The third-order valence-electron chi connectivity index (χ3n) is 4.53. The van der Waals surface area contributed by atoms with Gasteiger partial charge in [0.05, 0.1) is 0 Å². The second-order valence-corrected chi connectivity index (χ2v) is 6.94. The Kier molecular flexibility index (Phi) is 7.37. The number of aryl methyl sites for hydroxylation is 1. The van der Waals surface area contributed by atoms with Crippen molar-refractivity contribution in [1.29, 1.82) is 0 Å². The predicted molar refractivity (Wildman–Crippen MR) is 93.1 cm³/mol. The van der Waals surface area contributed by atoms with Crippen LogP contribution in [0.5, 0.6) is 0 Å². The molecule has 0 aromatic heterocycles. The number of rotatable bonds is 8. The molecule has 1 saturated heterocycles. The van der Waals surface area contributed by atoms with Gasteiger partial charge in [-0.2, -0.15) is 0 Å². The Balaban J connectivity index is 1.76. The van der Waals surface area contributed by atoms with Crippen LogP contribution in [0.3, 0.4) is 0 Å². The van der Waals surface area contributed by atoms with Crippen LogP contribution in [0.1, 0.15) is 32.3 Å². The highest BCUT2D eigenvalue weighted by atomic mass is 16.3. The summed E-state index contributed by atoms with van der Waals surface area (Å²) in [5, 5.41) is 9.34. The molecule has 0 aliphatic carbocycles. The Labute approximate surface area is 135 Å². The smallest absolute Gasteiger partial charge is 0.0446 e. The van der Waals surface area contributed by atoms with Crippen molar-refractivity contribution in [1.82, 2.24) is 9.80 Å². The zero-order chi connectivity index (χ0) is 15.8. The van der Waals surface area contributed by atoms with Gasteiger partial charge < -0.3 is 10.0 Å². The summed E-state index contributed by atoms with van der Waals surface area (Å²) in [6.07, 6.45) is 3.29. The zero-order valence-electron chi connectivity index (χ0n) is 14.2. The molecule has 1 aromatic carbocycles. The topological polar surface area (TPSA) is 26.7 Å². The molecule has 1 aliphatic heterocycles. The minimum absolute atomic E-state index is 0.303. The molecule has 0 saturated carbocycles. The molecule has 1 aromatic rings. The van der Waals surface area contributed by atoms with E-state index in [9.17, 15) is 5.11 Å². The molecule has 0 radical (unpaired) electrons. The second kappa shape index (κ2) is 9.29. The third-order valence-corrected chi connectivity index (χ3v) is 4.53. The molecule has 22 heavy (non-hydrogen) atoms. The van der Waals surface area contributed by atoms with Crippen molar-refractivity contribution in [3.05, 3.63) is 35.9 Å². The fraction of sp³-hybridized carbons (Fsp3) is 0.684.